The van der Waals surface area contributed by atoms with Crippen LogP contribution in [0.25, 0.3) is 22.2 Å². The van der Waals surface area contributed by atoms with Gasteiger partial charge in [-0.3, -0.25) is 0 Å². The molecule has 6 heteroatoms. The molecule has 0 radical (unpaired) electrons. The SMILES string of the molecule is c1ccc([C@@H]2NCCC[C@@H]2NCc2cc(-c3cn[nH]n3)cc3ccoc23)cc1. The molecule has 1 fully saturated rings. The van der Waals surface area contributed by atoms with Crippen molar-refractivity contribution in [1.82, 2.24) is 26.0 Å². The predicted molar refractivity (Wildman–Crippen MR) is 109 cm³/mol. The molecule has 0 spiro atoms. The number of nitrogens with one attached hydrogen (secondary N) is 3. The second-order valence-electron chi connectivity index (χ2n) is 7.30. The lowest BCUT2D eigenvalue weighted by atomic mass is 9.92. The van der Waals surface area contributed by atoms with Crippen LogP contribution in [0.4, 0.5) is 0 Å². The molecular formula is C22H23N5O. The topological polar surface area (TPSA) is 78.8 Å². The molecule has 3 heterocycles. The Labute approximate surface area is 163 Å². The summed E-state index contributed by atoms with van der Waals surface area (Å²) in [6, 6.07) is 17.6. The molecule has 0 bridgehead atoms. The molecule has 0 amide bonds. The highest BCUT2D eigenvalue weighted by atomic mass is 16.3. The van der Waals surface area contributed by atoms with Crippen LogP contribution in [0.2, 0.25) is 0 Å². The minimum Gasteiger partial charge on any atom is -0.464 e. The van der Waals surface area contributed by atoms with Crippen molar-refractivity contribution >= 4 is 11.0 Å². The van der Waals surface area contributed by atoms with Gasteiger partial charge in [0, 0.05) is 35.1 Å². The van der Waals surface area contributed by atoms with Crippen molar-refractivity contribution in [2.75, 3.05) is 6.54 Å². The molecule has 6 nitrogen and oxygen atoms in total. The smallest absolute Gasteiger partial charge is 0.138 e. The van der Waals surface area contributed by atoms with Crippen LogP contribution < -0.4 is 10.6 Å². The minimum atomic E-state index is 0.320. The van der Waals surface area contributed by atoms with Crippen molar-refractivity contribution < 1.29 is 4.42 Å². The van der Waals surface area contributed by atoms with E-state index in [1.807, 2.05) is 6.07 Å². The highest BCUT2D eigenvalue weighted by Crippen LogP contribution is 2.29. The van der Waals surface area contributed by atoms with Crippen LogP contribution in [0.3, 0.4) is 0 Å². The van der Waals surface area contributed by atoms with Crippen molar-refractivity contribution in [2.24, 2.45) is 0 Å². The second kappa shape index (κ2) is 7.58. The quantitative estimate of drug-likeness (QED) is 0.496. The first-order chi connectivity index (χ1) is 13.9. The number of furan rings is 1. The van der Waals surface area contributed by atoms with Crippen LogP contribution in [-0.4, -0.2) is 28.0 Å². The maximum absolute atomic E-state index is 5.77. The molecule has 28 heavy (non-hydrogen) atoms. The van der Waals surface area contributed by atoms with Gasteiger partial charge in [0.15, 0.2) is 0 Å². The van der Waals surface area contributed by atoms with E-state index < -0.39 is 0 Å². The van der Waals surface area contributed by atoms with Gasteiger partial charge in [-0.1, -0.05) is 30.3 Å². The van der Waals surface area contributed by atoms with E-state index in [4.69, 9.17) is 4.42 Å². The number of nitrogens with zero attached hydrogens (tertiary/aromatic N) is 2. The molecule has 0 aliphatic carbocycles. The summed E-state index contributed by atoms with van der Waals surface area (Å²) in [5, 5.41) is 19.4. The molecule has 2 aromatic heterocycles. The third kappa shape index (κ3) is 3.32. The van der Waals surface area contributed by atoms with Gasteiger partial charge in [-0.25, -0.2) is 0 Å². The molecule has 5 rings (SSSR count). The van der Waals surface area contributed by atoms with E-state index in [1.165, 1.54) is 12.0 Å². The van der Waals surface area contributed by atoms with Gasteiger partial charge in [0.1, 0.15) is 11.3 Å². The number of fused-ring (bicyclic) bond motifs is 1. The Morgan fingerprint density at radius 2 is 2.07 bits per heavy atom. The lowest BCUT2D eigenvalue weighted by Crippen LogP contribution is -2.45. The highest BCUT2D eigenvalue weighted by Gasteiger charge is 2.25. The summed E-state index contributed by atoms with van der Waals surface area (Å²) in [6.07, 6.45) is 5.82. The number of hydrogen-bond acceptors (Lipinski definition) is 5. The van der Waals surface area contributed by atoms with E-state index in [0.717, 1.165) is 47.3 Å². The first kappa shape index (κ1) is 17.2. The maximum Gasteiger partial charge on any atom is 0.138 e. The summed E-state index contributed by atoms with van der Waals surface area (Å²) in [7, 11) is 0. The zero-order valence-corrected chi connectivity index (χ0v) is 15.6. The number of hydrogen-bond donors (Lipinski definition) is 3. The van der Waals surface area contributed by atoms with Crippen molar-refractivity contribution in [3.8, 4) is 11.3 Å². The lowest BCUT2D eigenvalue weighted by Gasteiger charge is -2.34. The fourth-order valence-electron chi connectivity index (χ4n) is 4.14. The van der Waals surface area contributed by atoms with E-state index in [9.17, 15) is 0 Å². The van der Waals surface area contributed by atoms with E-state index in [0.29, 0.717) is 12.1 Å². The van der Waals surface area contributed by atoms with Gasteiger partial charge in [0.25, 0.3) is 0 Å². The van der Waals surface area contributed by atoms with Gasteiger partial charge >= 0.3 is 0 Å². The largest absolute Gasteiger partial charge is 0.464 e. The number of rotatable bonds is 5. The number of H-pyrrole nitrogens is 1. The van der Waals surface area contributed by atoms with Crippen LogP contribution in [0.1, 0.15) is 30.0 Å². The van der Waals surface area contributed by atoms with Crippen molar-refractivity contribution in [2.45, 2.75) is 31.5 Å². The van der Waals surface area contributed by atoms with Gasteiger partial charge in [-0.15, -0.1) is 0 Å². The van der Waals surface area contributed by atoms with Gasteiger partial charge in [-0.05, 0) is 43.1 Å². The molecule has 1 saturated heterocycles. The number of aromatic amines is 1. The zero-order chi connectivity index (χ0) is 18.8. The van der Waals surface area contributed by atoms with Gasteiger partial charge < -0.3 is 15.1 Å². The monoisotopic (exact) mass is 373 g/mol. The third-order valence-electron chi connectivity index (χ3n) is 5.51. The van der Waals surface area contributed by atoms with Crippen molar-refractivity contribution in [1.29, 1.82) is 0 Å². The van der Waals surface area contributed by atoms with Crippen molar-refractivity contribution in [3.63, 3.8) is 0 Å². The normalized spacial score (nSPS) is 19.9. The Balaban J connectivity index is 1.41. The van der Waals surface area contributed by atoms with Crippen LogP contribution in [0, 0.1) is 0 Å². The molecule has 0 saturated carbocycles. The lowest BCUT2D eigenvalue weighted by molar-refractivity contribution is 0.304. The van der Waals surface area contributed by atoms with E-state index in [-0.39, 0.29) is 0 Å². The second-order valence-corrected chi connectivity index (χ2v) is 7.30. The number of benzene rings is 2. The standard InChI is InChI=1S/C22H23N5O/c1-2-5-15(6-3-1)21-19(7-4-9-23-21)24-13-18-12-17(20-14-25-27-26-20)11-16-8-10-28-22(16)18/h1-3,5-6,8,10-12,14,19,21,23-24H,4,7,9,13H2,(H,25,26,27)/t19-,21-/m0/s1. The van der Waals surface area contributed by atoms with Gasteiger partial charge in [0.05, 0.1) is 12.5 Å². The highest BCUT2D eigenvalue weighted by molar-refractivity contribution is 5.85. The van der Waals surface area contributed by atoms with E-state index in [2.05, 4.69) is 68.5 Å². The summed E-state index contributed by atoms with van der Waals surface area (Å²) in [4.78, 5) is 0. The van der Waals surface area contributed by atoms with E-state index in [1.54, 1.807) is 12.5 Å². The van der Waals surface area contributed by atoms with Crippen LogP contribution in [-0.2, 0) is 6.54 Å². The van der Waals surface area contributed by atoms with E-state index >= 15 is 0 Å². The van der Waals surface area contributed by atoms with Crippen LogP contribution >= 0.6 is 0 Å². The summed E-state index contributed by atoms with van der Waals surface area (Å²) < 4.78 is 5.77. The molecule has 4 aromatic rings. The Morgan fingerprint density at radius 3 is 2.93 bits per heavy atom. The first-order valence-electron chi connectivity index (χ1n) is 9.76. The van der Waals surface area contributed by atoms with Crippen molar-refractivity contribution in [3.05, 3.63) is 72.1 Å². The van der Waals surface area contributed by atoms with Gasteiger partial charge in [0.2, 0.25) is 0 Å². The summed E-state index contributed by atoms with van der Waals surface area (Å²) in [5.74, 6) is 0. The Morgan fingerprint density at radius 1 is 1.14 bits per heavy atom. The molecule has 1 aliphatic rings. The predicted octanol–water partition coefficient (Wildman–Crippen LogP) is 3.80. The summed E-state index contributed by atoms with van der Waals surface area (Å²) in [5.41, 5.74) is 5.28. The van der Waals surface area contributed by atoms with Crippen LogP contribution in [0.5, 0.6) is 0 Å². The Kier molecular flexibility index (Phi) is 4.64. The average Bonchev–Trinajstić information content (AvgIpc) is 3.44. The summed E-state index contributed by atoms with van der Waals surface area (Å²) in [6.45, 7) is 1.80. The molecule has 3 N–H and O–H groups in total. The molecule has 142 valence electrons. The summed E-state index contributed by atoms with van der Waals surface area (Å²) >= 11 is 0. The molecule has 2 atom stereocenters. The maximum atomic E-state index is 5.77. The molecule has 1 aliphatic heterocycles. The third-order valence-corrected chi connectivity index (χ3v) is 5.51. The zero-order valence-electron chi connectivity index (χ0n) is 15.6. The Hall–Kier alpha value is -2.96. The van der Waals surface area contributed by atoms with Gasteiger partial charge in [-0.2, -0.15) is 15.4 Å². The number of aromatic nitrogens is 3. The first-order valence-corrected chi connectivity index (χ1v) is 9.76. The fraction of sp³-hybridized carbons (Fsp3) is 0.273. The van der Waals surface area contributed by atoms with Crippen LogP contribution in [0.15, 0.2) is 65.4 Å². The molecule has 2 aromatic carbocycles. The molecule has 0 unspecified atom stereocenters. The number of piperidine rings is 1. The molecular weight excluding hydrogens is 350 g/mol. The fourth-order valence-corrected chi connectivity index (χ4v) is 4.14. The minimum absolute atomic E-state index is 0.320. The Bertz CT molecular complexity index is 1040. The average molecular weight is 373 g/mol.